The minimum absolute atomic E-state index is 0.244. The van der Waals surface area contributed by atoms with Crippen molar-refractivity contribution in [3.63, 3.8) is 0 Å². The average Bonchev–Trinajstić information content (AvgIpc) is 2.56. The first-order chi connectivity index (χ1) is 7.79. The molecular weight excluding hydrogens is 222 g/mol. The number of alkyl halides is 1. The van der Waals surface area contributed by atoms with Gasteiger partial charge in [0, 0.05) is 25.0 Å². The lowest BCUT2D eigenvalue weighted by Gasteiger charge is -2.40. The normalized spacial score (nSPS) is 34.9. The third kappa shape index (κ3) is 3.35. The highest BCUT2D eigenvalue weighted by molar-refractivity contribution is 6.18. The minimum Gasteiger partial charge on any atom is -0.371 e. The Morgan fingerprint density at radius 3 is 2.44 bits per heavy atom. The van der Waals surface area contributed by atoms with Crippen molar-refractivity contribution in [3.8, 4) is 0 Å². The molecule has 2 aliphatic rings. The monoisotopic (exact) mass is 245 g/mol. The molecule has 0 spiro atoms. The molecule has 0 N–H and O–H groups in total. The molecule has 0 aromatic carbocycles. The smallest absolute Gasteiger partial charge is 0.0841 e. The van der Waals surface area contributed by atoms with E-state index in [2.05, 4.69) is 11.8 Å². The molecule has 2 unspecified atom stereocenters. The van der Waals surface area contributed by atoms with Gasteiger partial charge < -0.3 is 4.74 Å². The summed E-state index contributed by atoms with van der Waals surface area (Å²) >= 11 is 5.93. The maximum Gasteiger partial charge on any atom is 0.0841 e. The second-order valence-corrected chi connectivity index (χ2v) is 5.63. The molecule has 0 amide bonds. The van der Waals surface area contributed by atoms with Crippen LogP contribution in [0, 0.1) is 0 Å². The van der Waals surface area contributed by atoms with E-state index in [1.165, 1.54) is 38.5 Å². The quantitative estimate of drug-likeness (QED) is 0.548. The average molecular weight is 246 g/mol. The van der Waals surface area contributed by atoms with E-state index in [0.29, 0.717) is 12.0 Å². The highest BCUT2D eigenvalue weighted by atomic mass is 35.5. The Balaban J connectivity index is 1.90. The van der Waals surface area contributed by atoms with Gasteiger partial charge in [0.15, 0.2) is 0 Å². The van der Waals surface area contributed by atoms with Crippen molar-refractivity contribution < 1.29 is 4.74 Å². The van der Waals surface area contributed by atoms with E-state index < -0.39 is 0 Å². The molecule has 1 aliphatic heterocycles. The largest absolute Gasteiger partial charge is 0.371 e. The van der Waals surface area contributed by atoms with Gasteiger partial charge in [0.2, 0.25) is 0 Å². The van der Waals surface area contributed by atoms with Crippen LogP contribution in [0.5, 0.6) is 0 Å². The molecule has 0 bridgehead atoms. The summed E-state index contributed by atoms with van der Waals surface area (Å²) in [7, 11) is 0. The van der Waals surface area contributed by atoms with Gasteiger partial charge in [0.1, 0.15) is 0 Å². The Hall–Kier alpha value is 0.210. The molecule has 2 fully saturated rings. The first-order valence-corrected chi connectivity index (χ1v) is 7.28. The van der Waals surface area contributed by atoms with Crippen LogP contribution in [0.1, 0.15) is 45.4 Å². The van der Waals surface area contributed by atoms with Gasteiger partial charge in [0.05, 0.1) is 12.2 Å². The van der Waals surface area contributed by atoms with Crippen molar-refractivity contribution in [2.75, 3.05) is 19.0 Å². The number of nitrogens with zero attached hydrogens (tertiary/aromatic N) is 1. The zero-order valence-electron chi connectivity index (χ0n) is 10.3. The zero-order chi connectivity index (χ0) is 11.4. The van der Waals surface area contributed by atoms with Crippen molar-refractivity contribution >= 4 is 11.6 Å². The van der Waals surface area contributed by atoms with Crippen LogP contribution < -0.4 is 0 Å². The Labute approximate surface area is 104 Å². The molecule has 1 aliphatic carbocycles. The molecule has 0 aromatic heterocycles. The van der Waals surface area contributed by atoms with Crippen LogP contribution in [0.2, 0.25) is 0 Å². The van der Waals surface area contributed by atoms with Crippen molar-refractivity contribution in [1.82, 2.24) is 4.90 Å². The van der Waals surface area contributed by atoms with Crippen LogP contribution in [-0.4, -0.2) is 42.1 Å². The summed E-state index contributed by atoms with van der Waals surface area (Å²) in [4.78, 5) is 2.63. The van der Waals surface area contributed by atoms with Crippen molar-refractivity contribution in [3.05, 3.63) is 0 Å². The minimum atomic E-state index is 0.244. The van der Waals surface area contributed by atoms with E-state index in [1.807, 2.05) is 0 Å². The maximum absolute atomic E-state index is 5.93. The lowest BCUT2D eigenvalue weighted by molar-refractivity contribution is -0.0803. The van der Waals surface area contributed by atoms with Gasteiger partial charge in [-0.05, 0) is 19.8 Å². The van der Waals surface area contributed by atoms with Gasteiger partial charge in [-0.2, -0.15) is 0 Å². The molecule has 1 saturated heterocycles. The molecule has 0 radical (unpaired) electrons. The lowest BCUT2D eigenvalue weighted by Crippen LogP contribution is -2.51. The molecule has 16 heavy (non-hydrogen) atoms. The van der Waals surface area contributed by atoms with Crippen molar-refractivity contribution in [1.29, 1.82) is 0 Å². The van der Waals surface area contributed by atoms with Crippen LogP contribution >= 0.6 is 11.6 Å². The zero-order valence-corrected chi connectivity index (χ0v) is 11.1. The number of rotatable bonds is 2. The molecule has 2 atom stereocenters. The molecule has 3 heteroatoms. The van der Waals surface area contributed by atoms with E-state index in [1.54, 1.807) is 0 Å². The fourth-order valence-corrected chi connectivity index (χ4v) is 3.26. The van der Waals surface area contributed by atoms with Crippen LogP contribution in [-0.2, 0) is 4.74 Å². The third-order valence-electron chi connectivity index (χ3n) is 3.87. The number of morpholine rings is 1. The SMILES string of the molecule is CC1CN(C2CCCCCC2)CC(CCl)O1. The van der Waals surface area contributed by atoms with Crippen LogP contribution in [0.3, 0.4) is 0 Å². The van der Waals surface area contributed by atoms with Crippen molar-refractivity contribution in [2.24, 2.45) is 0 Å². The molecule has 2 rings (SSSR count). The number of halogens is 1. The van der Waals surface area contributed by atoms with E-state index >= 15 is 0 Å². The number of hydrogen-bond donors (Lipinski definition) is 0. The highest BCUT2D eigenvalue weighted by Crippen LogP contribution is 2.25. The lowest BCUT2D eigenvalue weighted by atomic mass is 10.0. The summed E-state index contributed by atoms with van der Waals surface area (Å²) in [6, 6.07) is 0.791. The predicted molar refractivity (Wildman–Crippen MR) is 68.1 cm³/mol. The van der Waals surface area contributed by atoms with E-state index in [-0.39, 0.29) is 6.10 Å². The third-order valence-corrected chi connectivity index (χ3v) is 4.21. The van der Waals surface area contributed by atoms with Crippen molar-refractivity contribution in [2.45, 2.75) is 63.7 Å². The van der Waals surface area contributed by atoms with Gasteiger partial charge in [-0.1, -0.05) is 25.7 Å². The molecule has 94 valence electrons. The summed E-state index contributed by atoms with van der Waals surface area (Å²) in [6.45, 7) is 4.30. The molecule has 1 heterocycles. The fraction of sp³-hybridized carbons (Fsp3) is 1.00. The van der Waals surface area contributed by atoms with Gasteiger partial charge >= 0.3 is 0 Å². The molecular formula is C13H24ClNO. The van der Waals surface area contributed by atoms with Gasteiger partial charge in [0.25, 0.3) is 0 Å². The maximum atomic E-state index is 5.93. The summed E-state index contributed by atoms with van der Waals surface area (Å²) in [6.07, 6.45) is 9.01. The van der Waals surface area contributed by atoms with Crippen LogP contribution in [0.25, 0.3) is 0 Å². The van der Waals surface area contributed by atoms with Crippen LogP contribution in [0.4, 0.5) is 0 Å². The Morgan fingerprint density at radius 2 is 1.81 bits per heavy atom. The summed E-state index contributed by atoms with van der Waals surface area (Å²) in [5, 5.41) is 0. The van der Waals surface area contributed by atoms with E-state index in [0.717, 1.165) is 19.1 Å². The van der Waals surface area contributed by atoms with Crippen LogP contribution in [0.15, 0.2) is 0 Å². The summed E-state index contributed by atoms with van der Waals surface area (Å²) < 4.78 is 5.81. The Morgan fingerprint density at radius 1 is 1.12 bits per heavy atom. The van der Waals surface area contributed by atoms with Gasteiger partial charge in [-0.25, -0.2) is 0 Å². The van der Waals surface area contributed by atoms with E-state index in [4.69, 9.17) is 16.3 Å². The number of ether oxygens (including phenoxy) is 1. The first kappa shape index (κ1) is 12.7. The summed E-state index contributed by atoms with van der Waals surface area (Å²) in [5.74, 6) is 0.633. The van der Waals surface area contributed by atoms with E-state index in [9.17, 15) is 0 Å². The first-order valence-electron chi connectivity index (χ1n) is 6.75. The second kappa shape index (κ2) is 6.23. The van der Waals surface area contributed by atoms with Gasteiger partial charge in [-0.15, -0.1) is 11.6 Å². The fourth-order valence-electron chi connectivity index (χ4n) is 3.09. The highest BCUT2D eigenvalue weighted by Gasteiger charge is 2.29. The summed E-state index contributed by atoms with van der Waals surface area (Å²) in [5.41, 5.74) is 0. The Bertz CT molecular complexity index is 204. The predicted octanol–water partition coefficient (Wildman–Crippen LogP) is 3.04. The topological polar surface area (TPSA) is 12.5 Å². The second-order valence-electron chi connectivity index (χ2n) is 5.32. The number of hydrogen-bond acceptors (Lipinski definition) is 2. The van der Waals surface area contributed by atoms with Gasteiger partial charge in [-0.3, -0.25) is 4.90 Å². The molecule has 0 aromatic rings. The molecule has 1 saturated carbocycles. The standard InChI is InChI=1S/C13H24ClNO/c1-11-9-15(10-13(8-14)16-11)12-6-4-2-3-5-7-12/h11-13H,2-10H2,1H3. The molecule has 2 nitrogen and oxygen atoms in total. The Kier molecular flexibility index (Phi) is 4.93.